The number of ether oxygens (including phenoxy) is 1. The highest BCUT2D eigenvalue weighted by Crippen LogP contribution is 2.29. The van der Waals surface area contributed by atoms with Crippen LogP contribution in [-0.4, -0.2) is 23.1 Å². The fraction of sp³-hybridized carbons (Fsp3) is 0.579. The van der Waals surface area contributed by atoms with Gasteiger partial charge < -0.3 is 15.2 Å². The number of amides is 1. The lowest BCUT2D eigenvalue weighted by molar-refractivity contribution is -0.144. The lowest BCUT2D eigenvalue weighted by atomic mass is 9.81. The molecule has 1 fully saturated rings. The molecule has 1 amide bonds. The molecule has 24 heavy (non-hydrogen) atoms. The summed E-state index contributed by atoms with van der Waals surface area (Å²) in [7, 11) is 0. The van der Waals surface area contributed by atoms with E-state index in [1.54, 1.807) is 0 Å². The van der Waals surface area contributed by atoms with Crippen LogP contribution in [0.4, 0.5) is 0 Å². The van der Waals surface area contributed by atoms with Crippen molar-refractivity contribution in [2.75, 3.05) is 0 Å². The fourth-order valence-corrected chi connectivity index (χ4v) is 3.12. The molecule has 1 aliphatic carbocycles. The fourth-order valence-electron chi connectivity index (χ4n) is 3.12. The van der Waals surface area contributed by atoms with Crippen LogP contribution in [0.3, 0.4) is 0 Å². The average Bonchev–Trinajstić information content (AvgIpc) is 2.55. The molecule has 0 spiro atoms. The van der Waals surface area contributed by atoms with E-state index in [1.807, 2.05) is 45.0 Å². The number of aliphatic carboxylic acids is 1. The van der Waals surface area contributed by atoms with Gasteiger partial charge >= 0.3 is 5.97 Å². The van der Waals surface area contributed by atoms with E-state index in [0.717, 1.165) is 11.3 Å². The van der Waals surface area contributed by atoms with E-state index in [-0.39, 0.29) is 29.9 Å². The summed E-state index contributed by atoms with van der Waals surface area (Å²) in [4.78, 5) is 23.4. The SMILES string of the molecule is CC(C)Oc1ccc(C(C)NC(=O)C2CCC(C(=O)O)CC2)cc1. The number of carboxylic acid groups (broad SMARTS) is 1. The quantitative estimate of drug-likeness (QED) is 0.835. The van der Waals surface area contributed by atoms with Gasteiger partial charge in [0.05, 0.1) is 18.1 Å². The van der Waals surface area contributed by atoms with Gasteiger partial charge in [-0.2, -0.15) is 0 Å². The molecule has 2 N–H and O–H groups in total. The van der Waals surface area contributed by atoms with E-state index in [2.05, 4.69) is 5.32 Å². The summed E-state index contributed by atoms with van der Waals surface area (Å²) in [5, 5.41) is 12.1. The zero-order chi connectivity index (χ0) is 17.7. The molecule has 1 saturated carbocycles. The summed E-state index contributed by atoms with van der Waals surface area (Å²) in [5.41, 5.74) is 1.03. The van der Waals surface area contributed by atoms with Crippen LogP contribution in [0.1, 0.15) is 58.1 Å². The van der Waals surface area contributed by atoms with Crippen molar-refractivity contribution < 1.29 is 19.4 Å². The largest absolute Gasteiger partial charge is 0.491 e. The molecular formula is C19H27NO4. The first-order valence-electron chi connectivity index (χ1n) is 8.66. The van der Waals surface area contributed by atoms with Crippen LogP contribution >= 0.6 is 0 Å². The van der Waals surface area contributed by atoms with Crippen LogP contribution in [0.2, 0.25) is 0 Å². The maximum atomic E-state index is 12.4. The Labute approximate surface area is 143 Å². The van der Waals surface area contributed by atoms with Gasteiger partial charge in [-0.15, -0.1) is 0 Å². The van der Waals surface area contributed by atoms with Gasteiger partial charge in [-0.05, 0) is 64.2 Å². The molecule has 5 nitrogen and oxygen atoms in total. The van der Waals surface area contributed by atoms with Crippen LogP contribution in [0.25, 0.3) is 0 Å². The zero-order valence-corrected chi connectivity index (χ0v) is 14.6. The Balaban J connectivity index is 1.86. The topological polar surface area (TPSA) is 75.6 Å². The molecule has 1 aromatic rings. The van der Waals surface area contributed by atoms with E-state index in [1.165, 1.54) is 0 Å². The van der Waals surface area contributed by atoms with Gasteiger partial charge in [0.1, 0.15) is 5.75 Å². The van der Waals surface area contributed by atoms with Crippen molar-refractivity contribution in [1.29, 1.82) is 0 Å². The molecule has 1 unspecified atom stereocenters. The van der Waals surface area contributed by atoms with Crippen LogP contribution < -0.4 is 10.1 Å². The van der Waals surface area contributed by atoms with Crippen molar-refractivity contribution in [3.63, 3.8) is 0 Å². The van der Waals surface area contributed by atoms with Gasteiger partial charge in [-0.25, -0.2) is 0 Å². The van der Waals surface area contributed by atoms with Crippen LogP contribution in [0, 0.1) is 11.8 Å². The molecule has 1 aliphatic rings. The highest BCUT2D eigenvalue weighted by Gasteiger charge is 2.30. The third kappa shape index (κ3) is 4.98. The predicted octanol–water partition coefficient (Wildman–Crippen LogP) is 3.54. The second kappa shape index (κ2) is 8.18. The van der Waals surface area contributed by atoms with Crippen molar-refractivity contribution in [2.24, 2.45) is 11.8 Å². The molecule has 1 aromatic carbocycles. The van der Waals surface area contributed by atoms with Crippen molar-refractivity contribution in [3.05, 3.63) is 29.8 Å². The number of benzene rings is 1. The van der Waals surface area contributed by atoms with Crippen molar-refractivity contribution >= 4 is 11.9 Å². The van der Waals surface area contributed by atoms with E-state index in [0.29, 0.717) is 25.7 Å². The highest BCUT2D eigenvalue weighted by atomic mass is 16.5. The van der Waals surface area contributed by atoms with E-state index in [9.17, 15) is 9.59 Å². The number of carbonyl (C=O) groups is 2. The maximum absolute atomic E-state index is 12.4. The van der Waals surface area contributed by atoms with Gasteiger partial charge in [0.25, 0.3) is 0 Å². The van der Waals surface area contributed by atoms with Crippen molar-refractivity contribution in [1.82, 2.24) is 5.32 Å². The minimum Gasteiger partial charge on any atom is -0.491 e. The molecule has 2 rings (SSSR count). The molecule has 0 radical (unpaired) electrons. The Morgan fingerprint density at radius 3 is 2.08 bits per heavy atom. The molecule has 132 valence electrons. The molecule has 0 heterocycles. The normalized spacial score (nSPS) is 22.0. The Bertz CT molecular complexity index is 559. The predicted molar refractivity (Wildman–Crippen MR) is 91.8 cm³/mol. The Morgan fingerprint density at radius 1 is 1.04 bits per heavy atom. The first-order chi connectivity index (χ1) is 11.4. The summed E-state index contributed by atoms with van der Waals surface area (Å²) >= 11 is 0. The summed E-state index contributed by atoms with van der Waals surface area (Å²) in [5.74, 6) is -0.273. The van der Waals surface area contributed by atoms with Crippen LogP contribution in [0.5, 0.6) is 5.75 Å². The average molecular weight is 333 g/mol. The second-order valence-corrected chi connectivity index (χ2v) is 6.85. The molecule has 5 heteroatoms. The van der Waals surface area contributed by atoms with Gasteiger partial charge in [0.2, 0.25) is 5.91 Å². The monoisotopic (exact) mass is 333 g/mol. The number of carbonyl (C=O) groups excluding carboxylic acids is 1. The summed E-state index contributed by atoms with van der Waals surface area (Å²) in [6, 6.07) is 7.67. The maximum Gasteiger partial charge on any atom is 0.306 e. The first kappa shape index (κ1) is 18.3. The standard InChI is InChI=1S/C19H27NO4/c1-12(2)24-17-10-8-14(9-11-17)13(3)20-18(21)15-4-6-16(7-5-15)19(22)23/h8-13,15-16H,4-7H2,1-3H3,(H,20,21)(H,22,23). The number of hydrogen-bond acceptors (Lipinski definition) is 3. The number of hydrogen-bond donors (Lipinski definition) is 2. The second-order valence-electron chi connectivity index (χ2n) is 6.85. The molecular weight excluding hydrogens is 306 g/mol. The molecule has 1 atom stereocenters. The Morgan fingerprint density at radius 2 is 1.58 bits per heavy atom. The van der Waals surface area contributed by atoms with Crippen molar-refractivity contribution in [2.45, 2.75) is 58.6 Å². The molecule has 0 bridgehead atoms. The minimum atomic E-state index is -0.745. The van der Waals surface area contributed by atoms with Gasteiger partial charge in [0.15, 0.2) is 0 Å². The third-order valence-corrected chi connectivity index (χ3v) is 4.56. The molecule has 0 saturated heterocycles. The number of rotatable bonds is 6. The van der Waals surface area contributed by atoms with Gasteiger partial charge in [-0.1, -0.05) is 12.1 Å². The summed E-state index contributed by atoms with van der Waals surface area (Å²) in [6.07, 6.45) is 2.60. The minimum absolute atomic E-state index is 0.0221. The Hall–Kier alpha value is -2.04. The van der Waals surface area contributed by atoms with Crippen LogP contribution in [-0.2, 0) is 9.59 Å². The highest BCUT2D eigenvalue weighted by molar-refractivity contribution is 5.79. The Kier molecular flexibility index (Phi) is 6.23. The molecule has 0 aliphatic heterocycles. The lowest BCUT2D eigenvalue weighted by Crippen LogP contribution is -2.35. The smallest absolute Gasteiger partial charge is 0.306 e. The first-order valence-corrected chi connectivity index (χ1v) is 8.66. The van der Waals surface area contributed by atoms with Gasteiger partial charge in [0, 0.05) is 5.92 Å². The van der Waals surface area contributed by atoms with Crippen molar-refractivity contribution in [3.8, 4) is 5.75 Å². The van der Waals surface area contributed by atoms with E-state index >= 15 is 0 Å². The summed E-state index contributed by atoms with van der Waals surface area (Å²) < 4.78 is 5.62. The van der Waals surface area contributed by atoms with E-state index in [4.69, 9.17) is 9.84 Å². The van der Waals surface area contributed by atoms with Gasteiger partial charge in [-0.3, -0.25) is 9.59 Å². The number of nitrogens with one attached hydrogen (secondary N) is 1. The summed E-state index contributed by atoms with van der Waals surface area (Å²) in [6.45, 7) is 5.92. The number of carboxylic acids is 1. The van der Waals surface area contributed by atoms with Crippen LogP contribution in [0.15, 0.2) is 24.3 Å². The third-order valence-electron chi connectivity index (χ3n) is 4.56. The zero-order valence-electron chi connectivity index (χ0n) is 14.6. The lowest BCUT2D eigenvalue weighted by Gasteiger charge is -2.26. The van der Waals surface area contributed by atoms with E-state index < -0.39 is 5.97 Å². The molecule has 0 aromatic heterocycles.